The van der Waals surface area contributed by atoms with Gasteiger partial charge in [0.15, 0.2) is 37.7 Å². The summed E-state index contributed by atoms with van der Waals surface area (Å²) in [5.74, 6) is -0.910. The van der Waals surface area contributed by atoms with Gasteiger partial charge in [-0.15, -0.1) is 0 Å². The van der Waals surface area contributed by atoms with Gasteiger partial charge in [-0.3, -0.25) is 4.79 Å². The second-order valence-corrected chi connectivity index (χ2v) is 22.7. The van der Waals surface area contributed by atoms with Crippen molar-refractivity contribution in [3.8, 4) is 0 Å². The van der Waals surface area contributed by atoms with E-state index in [1.807, 2.05) is 0 Å². The van der Waals surface area contributed by atoms with E-state index in [2.05, 4.69) is 5.32 Å². The first-order valence-corrected chi connectivity index (χ1v) is 26.9. The Balaban J connectivity index is 1.24. The summed E-state index contributed by atoms with van der Waals surface area (Å²) < 4.78 is 77.6. The zero-order chi connectivity index (χ0) is 60.7. The molecule has 0 aliphatic carbocycles. The standard InChI is InChI=1S/C48H83NO33/c1-12-21(56)25(60)30(65)43(70-12)79-36-18(10-53)75-42(20(49-14(3)55)38(36)80-45-32(67)27(62)23(58)15(7-50)73-45)78-37-19(11-54)76-47(34(69)40(37)82-44-31(66)26(61)22(57)13(2)71-44)81-39-24(59)16(8-51)74-46(33(39)68)77-35-17(9-52)72-41(48(4,5)6)29(64)28(35)63/h12-13,15-47,50-54,56-69H,7-11H2,1-6H3,(H,49,55)/t12?,13?,15?,16?,17?,18?,19?,20?,21-,22-,23+,24+,25?,26?,27+,28-,29?,30-,31-,32?,33?,34?,35-,36-,37-,38-,39+,40-,41-,42+,43+,44+,45+,46+,47+/m1/s1. The molecular formula is C48H83NO33. The van der Waals surface area contributed by atoms with Crippen molar-refractivity contribution in [3.63, 3.8) is 0 Å². The lowest BCUT2D eigenvalue weighted by atomic mass is 9.80. The van der Waals surface area contributed by atoms with Crippen LogP contribution in [0.25, 0.3) is 0 Å². The van der Waals surface area contributed by atoms with E-state index in [-0.39, 0.29) is 0 Å². The minimum atomic E-state index is -2.35. The van der Waals surface area contributed by atoms with Crippen LogP contribution in [0, 0.1) is 5.41 Å². The van der Waals surface area contributed by atoms with Crippen molar-refractivity contribution in [2.45, 2.75) is 256 Å². The molecule has 0 aromatic heterocycles. The molecule has 478 valence electrons. The third kappa shape index (κ3) is 14.0. The molecule has 14 unspecified atom stereocenters. The van der Waals surface area contributed by atoms with Gasteiger partial charge in [0.1, 0.15) is 159 Å². The van der Waals surface area contributed by atoms with Crippen LogP contribution in [0.4, 0.5) is 0 Å². The molecule has 20 N–H and O–H groups in total. The maximum Gasteiger partial charge on any atom is 0.217 e. The SMILES string of the molecule is CC(=O)NC1[C@H](O[C@@H]2C(CO)O[C@@H](O[C@@H]3C(O)[C@H](O[C@@H]4C(CO)O[C@@H](C(C)(C)C)C(O)[C@H]4O)OC(CO)[C@@H]3O)C(O)[C@H]2O[C@@H]2OC(C)[C@@H](O)C(O)[C@H]2O)OC(CO)[C@@H](O[C@@H]2OC(C)[C@@H](O)C(O)[C@H]2O)[C@@H]1O[C@@H]1OC(CO)[C@H](O)[C@H](O)C1O. The first kappa shape index (κ1) is 67.7. The van der Waals surface area contributed by atoms with E-state index in [0.29, 0.717) is 0 Å². The molecule has 7 rings (SSSR count). The first-order chi connectivity index (χ1) is 38.5. The zero-order valence-corrected chi connectivity index (χ0v) is 45.5. The van der Waals surface area contributed by atoms with Gasteiger partial charge in [-0.1, -0.05) is 20.8 Å². The van der Waals surface area contributed by atoms with Crippen LogP contribution in [0.3, 0.4) is 0 Å². The minimum Gasteiger partial charge on any atom is -0.394 e. The zero-order valence-electron chi connectivity index (χ0n) is 45.5. The highest BCUT2D eigenvalue weighted by atomic mass is 16.8. The number of rotatable bonds is 18. The van der Waals surface area contributed by atoms with Gasteiger partial charge in [0.05, 0.1) is 51.3 Å². The van der Waals surface area contributed by atoms with Gasteiger partial charge in [-0.25, -0.2) is 0 Å². The van der Waals surface area contributed by atoms with Crippen LogP contribution in [0.2, 0.25) is 0 Å². The van der Waals surface area contributed by atoms with Crippen LogP contribution in [-0.2, 0) is 66.4 Å². The van der Waals surface area contributed by atoms with Gasteiger partial charge in [0.25, 0.3) is 0 Å². The number of hydrogen-bond donors (Lipinski definition) is 20. The first-order valence-electron chi connectivity index (χ1n) is 26.9. The van der Waals surface area contributed by atoms with Crippen molar-refractivity contribution in [1.29, 1.82) is 0 Å². The summed E-state index contributed by atoms with van der Waals surface area (Å²) in [5, 5.41) is 211. The Morgan fingerprint density at radius 1 is 0.354 bits per heavy atom. The summed E-state index contributed by atoms with van der Waals surface area (Å²) in [6.07, 6.45) is -63.4. The topological polar surface area (TPSA) is 533 Å². The number of nitrogens with one attached hydrogen (secondary N) is 1. The highest BCUT2D eigenvalue weighted by Gasteiger charge is 2.60. The third-order valence-electron chi connectivity index (χ3n) is 15.7. The van der Waals surface area contributed by atoms with E-state index in [1.54, 1.807) is 20.8 Å². The number of ether oxygens (including phenoxy) is 13. The highest BCUT2D eigenvalue weighted by molar-refractivity contribution is 5.73. The van der Waals surface area contributed by atoms with E-state index in [9.17, 15) is 102 Å². The number of aliphatic hydroxyl groups excluding tert-OH is 19. The Morgan fingerprint density at radius 3 is 1.17 bits per heavy atom. The molecule has 0 aromatic rings. The van der Waals surface area contributed by atoms with Gasteiger partial charge in [0, 0.05) is 6.92 Å². The number of hydrogen-bond acceptors (Lipinski definition) is 33. The fourth-order valence-corrected chi connectivity index (χ4v) is 11.0. The number of aliphatic hydroxyl groups is 19. The molecule has 7 fully saturated rings. The van der Waals surface area contributed by atoms with Gasteiger partial charge in [-0.05, 0) is 19.3 Å². The molecule has 0 saturated carbocycles. The van der Waals surface area contributed by atoms with Crippen LogP contribution in [0.1, 0.15) is 41.5 Å². The molecule has 82 heavy (non-hydrogen) atoms. The molecule has 7 saturated heterocycles. The fourth-order valence-electron chi connectivity index (χ4n) is 11.0. The fraction of sp³-hybridized carbons (Fsp3) is 0.979. The van der Waals surface area contributed by atoms with Crippen molar-refractivity contribution in [3.05, 3.63) is 0 Å². The molecule has 34 heteroatoms. The van der Waals surface area contributed by atoms with E-state index in [4.69, 9.17) is 61.6 Å². The summed E-state index contributed by atoms with van der Waals surface area (Å²) in [7, 11) is 0. The lowest BCUT2D eigenvalue weighted by Crippen LogP contribution is -2.71. The maximum absolute atomic E-state index is 13.2. The molecule has 0 spiro atoms. The van der Waals surface area contributed by atoms with E-state index in [1.165, 1.54) is 13.8 Å². The molecule has 7 aliphatic heterocycles. The van der Waals surface area contributed by atoms with Gasteiger partial charge >= 0.3 is 0 Å². The predicted octanol–water partition coefficient (Wildman–Crippen LogP) is -12.0. The average molecular weight is 1200 g/mol. The smallest absolute Gasteiger partial charge is 0.217 e. The Bertz CT molecular complexity index is 2000. The second kappa shape index (κ2) is 28.1. The van der Waals surface area contributed by atoms with Crippen molar-refractivity contribution >= 4 is 5.91 Å². The molecule has 0 aromatic carbocycles. The highest BCUT2D eigenvalue weighted by Crippen LogP contribution is 2.40. The summed E-state index contributed by atoms with van der Waals surface area (Å²) in [6, 6.07) is -1.88. The van der Waals surface area contributed by atoms with Crippen LogP contribution >= 0.6 is 0 Å². The predicted molar refractivity (Wildman–Crippen MR) is 258 cm³/mol. The monoisotopic (exact) mass is 1200 g/mol. The van der Waals surface area contributed by atoms with Crippen LogP contribution in [0.15, 0.2) is 0 Å². The maximum atomic E-state index is 13.2. The van der Waals surface area contributed by atoms with E-state index >= 15 is 0 Å². The summed E-state index contributed by atoms with van der Waals surface area (Å²) >= 11 is 0. The van der Waals surface area contributed by atoms with E-state index in [0.717, 1.165) is 6.92 Å². The molecule has 7 aliphatic rings. The largest absolute Gasteiger partial charge is 0.394 e. The lowest BCUT2D eigenvalue weighted by Gasteiger charge is -2.52. The number of carbonyl (C=O) groups excluding carboxylic acids is 1. The Hall–Kier alpha value is -1.81. The molecule has 7 heterocycles. The van der Waals surface area contributed by atoms with Crippen LogP contribution in [0.5, 0.6) is 0 Å². The molecule has 0 radical (unpaired) electrons. The second-order valence-electron chi connectivity index (χ2n) is 22.7. The van der Waals surface area contributed by atoms with E-state index < -0.39 is 259 Å². The Morgan fingerprint density at radius 2 is 0.695 bits per heavy atom. The van der Waals surface area contributed by atoms with Crippen molar-refractivity contribution < 1.29 is 163 Å². The van der Waals surface area contributed by atoms with Crippen molar-refractivity contribution in [1.82, 2.24) is 5.32 Å². The van der Waals surface area contributed by atoms with Crippen molar-refractivity contribution in [2.75, 3.05) is 33.0 Å². The summed E-state index contributed by atoms with van der Waals surface area (Å²) in [5.41, 5.74) is -0.776. The number of carbonyl (C=O) groups is 1. The Kier molecular flexibility index (Phi) is 23.2. The molecular weight excluding hydrogens is 1120 g/mol. The Labute approximate surface area is 468 Å². The quantitative estimate of drug-likeness (QED) is 0.0606. The molecule has 35 atom stereocenters. The molecule has 0 bridgehead atoms. The summed E-state index contributed by atoms with van der Waals surface area (Å²) in [4.78, 5) is 13.2. The normalized spacial score (nSPS) is 51.6. The average Bonchev–Trinajstić information content (AvgIpc) is 3.60. The van der Waals surface area contributed by atoms with Gasteiger partial charge < -0.3 is 164 Å². The van der Waals surface area contributed by atoms with Crippen LogP contribution < -0.4 is 5.32 Å². The van der Waals surface area contributed by atoms with Gasteiger partial charge in [-0.2, -0.15) is 0 Å². The number of amides is 1. The molecule has 34 nitrogen and oxygen atoms in total. The lowest BCUT2D eigenvalue weighted by molar-refractivity contribution is -0.405. The molecule has 1 amide bonds. The van der Waals surface area contributed by atoms with Crippen LogP contribution in [-0.4, -0.2) is 351 Å². The van der Waals surface area contributed by atoms with Gasteiger partial charge in [0.2, 0.25) is 5.91 Å². The minimum absolute atomic E-state index is 0.776. The summed E-state index contributed by atoms with van der Waals surface area (Å²) in [6.45, 7) is 3.69. The third-order valence-corrected chi connectivity index (χ3v) is 15.7. The van der Waals surface area contributed by atoms with Crippen molar-refractivity contribution in [2.24, 2.45) is 5.41 Å².